The van der Waals surface area contributed by atoms with E-state index in [4.69, 9.17) is 23.2 Å². The van der Waals surface area contributed by atoms with Crippen molar-refractivity contribution in [1.29, 1.82) is 0 Å². The number of benzene rings is 1. The lowest BCUT2D eigenvalue weighted by Crippen LogP contribution is -2.33. The summed E-state index contributed by atoms with van der Waals surface area (Å²) in [5.41, 5.74) is 0.567. The second-order valence-electron chi connectivity index (χ2n) is 4.31. The van der Waals surface area contributed by atoms with E-state index in [1.54, 1.807) is 12.1 Å². The Bertz CT molecular complexity index is 735. The number of carbonyl (C=O) groups is 2. The van der Waals surface area contributed by atoms with Gasteiger partial charge in [-0.2, -0.15) is 0 Å². The first-order valence-electron chi connectivity index (χ1n) is 6.00. The molecule has 2 aromatic rings. The highest BCUT2D eigenvalue weighted by Crippen LogP contribution is 2.35. The maximum absolute atomic E-state index is 11.9. The fraction of sp³-hybridized carbons (Fsp3) is 0.250. The highest BCUT2D eigenvalue weighted by molar-refractivity contribution is 8.13. The molecule has 0 atom stereocenters. The number of nitrogens with zero attached hydrogens (tertiary/aromatic N) is 2. The number of hydrogen-bond acceptors (Lipinski definition) is 5. The van der Waals surface area contributed by atoms with Crippen LogP contribution in [-0.4, -0.2) is 39.9 Å². The van der Waals surface area contributed by atoms with Crippen LogP contribution in [0.15, 0.2) is 12.1 Å². The first-order valence-corrected chi connectivity index (χ1v) is 8.56. The summed E-state index contributed by atoms with van der Waals surface area (Å²) < 4.78 is 0.840. The molecule has 1 fully saturated rings. The molecule has 0 unspecified atom stereocenters. The zero-order valence-electron chi connectivity index (χ0n) is 10.6. The zero-order chi connectivity index (χ0) is 15.0. The molecule has 0 spiro atoms. The second kappa shape index (κ2) is 6.00. The van der Waals surface area contributed by atoms with Gasteiger partial charge in [-0.15, -0.1) is 0 Å². The molecule has 1 aromatic carbocycles. The van der Waals surface area contributed by atoms with E-state index in [0.717, 1.165) is 10.5 Å². The van der Waals surface area contributed by atoms with Crippen LogP contribution >= 0.6 is 46.3 Å². The van der Waals surface area contributed by atoms with E-state index in [-0.39, 0.29) is 17.7 Å². The number of amides is 2. The van der Waals surface area contributed by atoms with Crippen molar-refractivity contribution >= 4 is 72.8 Å². The van der Waals surface area contributed by atoms with Crippen molar-refractivity contribution in [1.82, 2.24) is 9.88 Å². The van der Waals surface area contributed by atoms with Crippen molar-refractivity contribution in [2.45, 2.75) is 0 Å². The monoisotopic (exact) mass is 361 g/mol. The predicted molar refractivity (Wildman–Crippen MR) is 87.7 cm³/mol. The van der Waals surface area contributed by atoms with Crippen LogP contribution in [-0.2, 0) is 4.79 Å². The Morgan fingerprint density at radius 3 is 2.95 bits per heavy atom. The molecule has 5 nitrogen and oxygen atoms in total. The molecule has 2 amide bonds. The quantitative estimate of drug-likeness (QED) is 0.904. The number of fused-ring (bicyclic) bond motifs is 1. The number of halogens is 2. The zero-order valence-corrected chi connectivity index (χ0v) is 13.7. The molecule has 1 aliphatic rings. The topological polar surface area (TPSA) is 62.3 Å². The molecule has 2 heterocycles. The lowest BCUT2D eigenvalue weighted by atomic mass is 10.3. The Morgan fingerprint density at radius 1 is 1.43 bits per heavy atom. The smallest absolute Gasteiger partial charge is 0.282 e. The van der Waals surface area contributed by atoms with Crippen molar-refractivity contribution in [3.8, 4) is 0 Å². The summed E-state index contributed by atoms with van der Waals surface area (Å²) in [5.74, 6) is 0.452. The Labute approximate surface area is 138 Å². The molecule has 0 saturated carbocycles. The van der Waals surface area contributed by atoms with Gasteiger partial charge in [0.1, 0.15) is 12.1 Å². The van der Waals surface area contributed by atoms with Gasteiger partial charge in [0.05, 0.1) is 14.7 Å². The van der Waals surface area contributed by atoms with Gasteiger partial charge >= 0.3 is 0 Å². The van der Waals surface area contributed by atoms with Gasteiger partial charge in [0, 0.05) is 12.3 Å². The summed E-state index contributed by atoms with van der Waals surface area (Å²) in [6, 6.07) is 3.49. The number of nitrogens with one attached hydrogen (secondary N) is 1. The number of carbonyl (C=O) groups excluding carboxylic acids is 2. The number of hydrogen-bond donors (Lipinski definition) is 1. The van der Waals surface area contributed by atoms with Gasteiger partial charge < -0.3 is 10.2 Å². The van der Waals surface area contributed by atoms with E-state index in [1.165, 1.54) is 28.0 Å². The molecule has 1 N–H and O–H groups in total. The van der Waals surface area contributed by atoms with Gasteiger partial charge in [-0.1, -0.05) is 46.3 Å². The van der Waals surface area contributed by atoms with E-state index in [2.05, 4.69) is 10.3 Å². The van der Waals surface area contributed by atoms with Crippen LogP contribution in [0.5, 0.6) is 0 Å². The van der Waals surface area contributed by atoms with Crippen LogP contribution in [0.1, 0.15) is 0 Å². The molecular formula is C12H9Cl2N3O2S2. The van der Waals surface area contributed by atoms with Gasteiger partial charge in [0.2, 0.25) is 5.91 Å². The third-order valence-corrected chi connectivity index (χ3v) is 5.50. The SMILES string of the molecule is O=C(CN1CCSC1=O)Nc1nc2c(Cl)c(Cl)ccc2s1. The number of thiazole rings is 1. The summed E-state index contributed by atoms with van der Waals surface area (Å²) in [4.78, 5) is 29.2. The lowest BCUT2D eigenvalue weighted by Gasteiger charge is -2.12. The number of thioether (sulfide) groups is 1. The van der Waals surface area contributed by atoms with Gasteiger partial charge in [-0.05, 0) is 12.1 Å². The Balaban J connectivity index is 1.74. The fourth-order valence-electron chi connectivity index (χ4n) is 1.89. The average molecular weight is 362 g/mol. The molecule has 3 rings (SSSR count). The van der Waals surface area contributed by atoms with E-state index in [0.29, 0.717) is 27.2 Å². The van der Waals surface area contributed by atoms with Crippen LogP contribution in [0.25, 0.3) is 10.2 Å². The van der Waals surface area contributed by atoms with Gasteiger partial charge in [0.25, 0.3) is 5.24 Å². The standard InChI is InChI=1S/C12H9Cl2N3O2S2/c13-6-1-2-7-10(9(6)14)16-11(21-7)15-8(18)5-17-3-4-20-12(17)19/h1-2H,3-5H2,(H,15,16,18). The molecule has 110 valence electrons. The van der Waals surface area contributed by atoms with Crippen LogP contribution in [0.4, 0.5) is 9.93 Å². The van der Waals surface area contributed by atoms with E-state index < -0.39 is 0 Å². The normalized spacial score (nSPS) is 15.0. The predicted octanol–water partition coefficient (Wildman–Crippen LogP) is 3.71. The van der Waals surface area contributed by atoms with Crippen molar-refractivity contribution in [2.75, 3.05) is 24.2 Å². The summed E-state index contributed by atoms with van der Waals surface area (Å²) in [6.45, 7) is 0.633. The second-order valence-corrected chi connectivity index (χ2v) is 7.17. The largest absolute Gasteiger partial charge is 0.323 e. The Hall–Kier alpha value is -1.02. The van der Waals surface area contributed by atoms with Gasteiger partial charge in [-0.25, -0.2) is 4.98 Å². The molecule has 0 aliphatic carbocycles. The third kappa shape index (κ3) is 3.11. The average Bonchev–Trinajstić information content (AvgIpc) is 3.01. The molecule has 1 aromatic heterocycles. The van der Waals surface area contributed by atoms with Crippen molar-refractivity contribution in [2.24, 2.45) is 0 Å². The molecule has 9 heteroatoms. The van der Waals surface area contributed by atoms with Crippen molar-refractivity contribution in [3.05, 3.63) is 22.2 Å². The Morgan fingerprint density at radius 2 is 2.24 bits per heavy atom. The van der Waals surface area contributed by atoms with Crippen molar-refractivity contribution < 1.29 is 9.59 Å². The van der Waals surface area contributed by atoms with Crippen molar-refractivity contribution in [3.63, 3.8) is 0 Å². The van der Waals surface area contributed by atoms with E-state index in [9.17, 15) is 9.59 Å². The molecular weight excluding hydrogens is 353 g/mol. The molecule has 0 radical (unpaired) electrons. The summed E-state index contributed by atoms with van der Waals surface area (Å²) in [5, 5.41) is 3.86. The summed E-state index contributed by atoms with van der Waals surface area (Å²) in [7, 11) is 0. The van der Waals surface area contributed by atoms with Gasteiger partial charge in [-0.3, -0.25) is 9.59 Å². The number of rotatable bonds is 3. The van der Waals surface area contributed by atoms with Crippen LogP contribution < -0.4 is 5.32 Å². The third-order valence-electron chi connectivity index (χ3n) is 2.88. The first-order chi connectivity index (χ1) is 10.0. The highest BCUT2D eigenvalue weighted by atomic mass is 35.5. The fourth-order valence-corrected chi connectivity index (χ4v) is 4.02. The van der Waals surface area contributed by atoms with E-state index >= 15 is 0 Å². The minimum absolute atomic E-state index is 0.0379. The highest BCUT2D eigenvalue weighted by Gasteiger charge is 2.23. The summed E-state index contributed by atoms with van der Waals surface area (Å²) >= 11 is 14.5. The molecule has 1 saturated heterocycles. The Kier molecular flexibility index (Phi) is 4.26. The first kappa shape index (κ1) is 14.9. The molecule has 0 bridgehead atoms. The molecule has 21 heavy (non-hydrogen) atoms. The maximum Gasteiger partial charge on any atom is 0.282 e. The van der Waals surface area contributed by atoms with Gasteiger partial charge in [0.15, 0.2) is 5.13 Å². The molecule has 1 aliphatic heterocycles. The van der Waals surface area contributed by atoms with Crippen LogP contribution in [0.2, 0.25) is 10.0 Å². The van der Waals surface area contributed by atoms with E-state index in [1.807, 2.05) is 0 Å². The summed E-state index contributed by atoms with van der Waals surface area (Å²) in [6.07, 6.45) is 0. The van der Waals surface area contributed by atoms with Crippen LogP contribution in [0, 0.1) is 0 Å². The minimum Gasteiger partial charge on any atom is -0.323 e. The lowest BCUT2D eigenvalue weighted by molar-refractivity contribution is -0.116. The number of anilines is 1. The minimum atomic E-state index is -0.271. The maximum atomic E-state index is 11.9. The van der Waals surface area contributed by atoms with Crippen LogP contribution in [0.3, 0.4) is 0 Å². The number of aromatic nitrogens is 1.